The third-order valence-electron chi connectivity index (χ3n) is 5.66. The predicted octanol–water partition coefficient (Wildman–Crippen LogP) is 3.93. The van der Waals surface area contributed by atoms with Gasteiger partial charge >= 0.3 is 6.18 Å². The molecule has 0 bridgehead atoms. The lowest BCUT2D eigenvalue weighted by atomic mass is 9.90. The number of nitrogens with one attached hydrogen (secondary N) is 1. The number of aromatic amines is 1. The molecule has 5 rings (SSSR count). The van der Waals surface area contributed by atoms with E-state index in [0.29, 0.717) is 53.4 Å². The Hall–Kier alpha value is -3.36. The van der Waals surface area contributed by atoms with Crippen LogP contribution < -0.4 is 5.56 Å². The van der Waals surface area contributed by atoms with Crippen LogP contribution in [-0.4, -0.2) is 37.7 Å². The number of H-pyrrole nitrogens is 1. The monoisotopic (exact) mass is 441 g/mol. The van der Waals surface area contributed by atoms with Crippen LogP contribution in [0.15, 0.2) is 40.6 Å². The quantitative estimate of drug-likeness (QED) is 0.619. The van der Waals surface area contributed by atoms with E-state index in [9.17, 15) is 18.0 Å². The lowest BCUT2D eigenvalue weighted by Crippen LogP contribution is -2.22. The van der Waals surface area contributed by atoms with E-state index >= 15 is 0 Å². The first-order valence-electron chi connectivity index (χ1n) is 10.2. The summed E-state index contributed by atoms with van der Waals surface area (Å²) in [5.74, 6) is 0.415. The normalized spacial score (nSPS) is 21.1. The molecule has 32 heavy (non-hydrogen) atoms. The third-order valence-corrected chi connectivity index (χ3v) is 5.66. The Morgan fingerprint density at radius 3 is 2.75 bits per heavy atom. The number of allylic oxidation sites excluding steroid dienone is 1. The van der Waals surface area contributed by atoms with Crippen molar-refractivity contribution in [3.05, 3.63) is 69.0 Å². The standard InChI is InChI=1S/C22H18F3N5O2/c1-11-9-27-19-18(14-6-15(7-14)22(23,24)25)29-20(30-21(19)28-11)12-4-5-32-16(8-12)13-2-3-17(31)26-10-13/h2-3,9-10,12,16H,4-6,8H2,1H3,(H,26,31). The molecule has 0 saturated carbocycles. The van der Waals surface area contributed by atoms with Crippen molar-refractivity contribution in [1.29, 1.82) is 0 Å². The summed E-state index contributed by atoms with van der Waals surface area (Å²) in [5.41, 5.74) is 4.42. The van der Waals surface area contributed by atoms with Crippen molar-refractivity contribution in [3.8, 4) is 0 Å². The molecule has 0 amide bonds. The van der Waals surface area contributed by atoms with Crippen LogP contribution in [0.2, 0.25) is 0 Å². The zero-order valence-electron chi connectivity index (χ0n) is 17.0. The van der Waals surface area contributed by atoms with Gasteiger partial charge in [-0.25, -0.2) is 19.9 Å². The summed E-state index contributed by atoms with van der Waals surface area (Å²) >= 11 is 0. The van der Waals surface area contributed by atoms with Crippen molar-refractivity contribution in [3.63, 3.8) is 0 Å². The molecule has 2 unspecified atom stereocenters. The van der Waals surface area contributed by atoms with E-state index in [1.54, 1.807) is 25.4 Å². The van der Waals surface area contributed by atoms with Gasteiger partial charge in [-0.15, -0.1) is 5.73 Å². The van der Waals surface area contributed by atoms with Crippen LogP contribution in [0.25, 0.3) is 16.7 Å². The summed E-state index contributed by atoms with van der Waals surface area (Å²) in [6, 6.07) is 3.16. The minimum Gasteiger partial charge on any atom is -0.373 e. The SMILES string of the molecule is Cc1cnc2c(C3=C=C(C(F)(F)F)C3)nc(C3CCOC(c4ccc(=O)[nH]c4)C3)nc2n1. The summed E-state index contributed by atoms with van der Waals surface area (Å²) in [6.07, 6.45) is -0.522. The molecule has 1 fully saturated rings. The number of aromatic nitrogens is 5. The fourth-order valence-corrected chi connectivity index (χ4v) is 3.94. The van der Waals surface area contributed by atoms with Crippen molar-refractivity contribution in [2.45, 2.75) is 44.4 Å². The van der Waals surface area contributed by atoms with Gasteiger partial charge in [0.2, 0.25) is 5.56 Å². The van der Waals surface area contributed by atoms with Gasteiger partial charge in [0.1, 0.15) is 17.0 Å². The van der Waals surface area contributed by atoms with Crippen molar-refractivity contribution in [2.24, 2.45) is 0 Å². The highest BCUT2D eigenvalue weighted by Gasteiger charge is 2.39. The van der Waals surface area contributed by atoms with Gasteiger partial charge in [-0.05, 0) is 31.4 Å². The van der Waals surface area contributed by atoms with Crippen molar-refractivity contribution in [1.82, 2.24) is 24.9 Å². The largest absolute Gasteiger partial charge is 0.420 e. The zero-order chi connectivity index (χ0) is 22.5. The van der Waals surface area contributed by atoms with E-state index in [0.717, 1.165) is 5.56 Å². The Morgan fingerprint density at radius 1 is 1.22 bits per heavy atom. The fraction of sp³-hybridized carbons (Fsp3) is 0.364. The zero-order valence-corrected chi connectivity index (χ0v) is 17.0. The molecular weight excluding hydrogens is 423 g/mol. The molecule has 1 saturated heterocycles. The van der Waals surface area contributed by atoms with E-state index in [-0.39, 0.29) is 24.0 Å². The molecule has 3 aromatic rings. The van der Waals surface area contributed by atoms with Gasteiger partial charge in [0.05, 0.1) is 17.4 Å². The van der Waals surface area contributed by atoms with Gasteiger partial charge in [-0.3, -0.25) is 4.79 Å². The Labute approximate surface area is 180 Å². The van der Waals surface area contributed by atoms with Gasteiger partial charge in [0, 0.05) is 43.0 Å². The minimum absolute atomic E-state index is 0.0853. The second-order valence-corrected chi connectivity index (χ2v) is 7.94. The highest BCUT2D eigenvalue weighted by atomic mass is 19.4. The highest BCUT2D eigenvalue weighted by Crippen LogP contribution is 2.41. The van der Waals surface area contributed by atoms with Crippen molar-refractivity contribution in [2.75, 3.05) is 6.61 Å². The maximum absolute atomic E-state index is 12.9. The summed E-state index contributed by atoms with van der Waals surface area (Å²) in [7, 11) is 0. The minimum atomic E-state index is -4.40. The number of aryl methyl sites for hydroxylation is 1. The van der Waals surface area contributed by atoms with E-state index in [1.165, 1.54) is 6.07 Å². The van der Waals surface area contributed by atoms with Crippen molar-refractivity contribution >= 4 is 16.7 Å². The Bertz CT molecular complexity index is 1320. The van der Waals surface area contributed by atoms with Crippen LogP contribution in [0, 0.1) is 6.92 Å². The second-order valence-electron chi connectivity index (χ2n) is 7.94. The molecule has 1 aliphatic heterocycles. The summed E-state index contributed by atoms with van der Waals surface area (Å²) < 4.78 is 44.7. The van der Waals surface area contributed by atoms with Gasteiger partial charge in [-0.2, -0.15) is 13.2 Å². The van der Waals surface area contributed by atoms with E-state index < -0.39 is 11.7 Å². The lowest BCUT2D eigenvalue weighted by Gasteiger charge is -2.29. The molecule has 1 aliphatic carbocycles. The number of hydrogen-bond acceptors (Lipinski definition) is 6. The summed E-state index contributed by atoms with van der Waals surface area (Å²) in [4.78, 5) is 32.0. The molecule has 4 heterocycles. The van der Waals surface area contributed by atoms with Gasteiger partial charge in [0.15, 0.2) is 5.65 Å². The summed E-state index contributed by atoms with van der Waals surface area (Å²) in [6.45, 7) is 2.24. The molecule has 7 nitrogen and oxygen atoms in total. The third kappa shape index (κ3) is 3.83. The molecule has 10 heteroatoms. The number of halogens is 3. The van der Waals surface area contributed by atoms with Gasteiger partial charge < -0.3 is 9.72 Å². The van der Waals surface area contributed by atoms with Gasteiger partial charge in [0.25, 0.3) is 0 Å². The molecule has 1 N–H and O–H groups in total. The predicted molar refractivity (Wildman–Crippen MR) is 109 cm³/mol. The molecule has 2 aliphatic rings. The first-order chi connectivity index (χ1) is 15.3. The average Bonchev–Trinajstić information content (AvgIpc) is 2.72. The fourth-order valence-electron chi connectivity index (χ4n) is 3.94. The first kappa shape index (κ1) is 20.5. The van der Waals surface area contributed by atoms with Crippen molar-refractivity contribution < 1.29 is 17.9 Å². The number of fused-ring (bicyclic) bond motifs is 1. The maximum Gasteiger partial charge on any atom is 0.420 e. The number of pyridine rings is 1. The molecule has 0 spiro atoms. The summed E-state index contributed by atoms with van der Waals surface area (Å²) in [5, 5.41) is 0. The maximum atomic E-state index is 12.9. The number of ether oxygens (including phenoxy) is 1. The Kier molecular flexibility index (Phi) is 4.91. The first-order valence-corrected chi connectivity index (χ1v) is 10.2. The van der Waals surface area contributed by atoms with Crippen LogP contribution in [0.1, 0.15) is 54.1 Å². The molecule has 164 valence electrons. The molecule has 3 aromatic heterocycles. The number of hydrogen-bond donors (Lipinski definition) is 1. The van der Waals surface area contributed by atoms with Gasteiger partial charge in [-0.1, -0.05) is 0 Å². The number of rotatable bonds is 3. The lowest BCUT2D eigenvalue weighted by molar-refractivity contribution is -0.0934. The van der Waals surface area contributed by atoms with Crippen LogP contribution in [0.5, 0.6) is 0 Å². The van der Waals surface area contributed by atoms with Crippen LogP contribution >= 0.6 is 0 Å². The molecule has 0 radical (unpaired) electrons. The van der Waals surface area contributed by atoms with E-state index in [1.807, 2.05) is 0 Å². The van der Waals surface area contributed by atoms with E-state index in [2.05, 4.69) is 30.7 Å². The second kappa shape index (κ2) is 7.65. The number of nitrogens with zero attached hydrogens (tertiary/aromatic N) is 4. The topological polar surface area (TPSA) is 93.7 Å². The smallest absolute Gasteiger partial charge is 0.373 e. The average molecular weight is 441 g/mol. The Morgan fingerprint density at radius 2 is 2.03 bits per heavy atom. The molecular formula is C22H18F3N5O2. The van der Waals surface area contributed by atoms with Crippen LogP contribution in [-0.2, 0) is 4.74 Å². The number of alkyl halides is 3. The highest BCUT2D eigenvalue weighted by molar-refractivity contribution is 5.87. The van der Waals surface area contributed by atoms with Crippen LogP contribution in [0.4, 0.5) is 13.2 Å². The molecule has 0 aromatic carbocycles. The van der Waals surface area contributed by atoms with Crippen LogP contribution in [0.3, 0.4) is 0 Å². The van der Waals surface area contributed by atoms with E-state index in [4.69, 9.17) is 4.74 Å². The Balaban J connectivity index is 1.55. The molecule has 2 atom stereocenters.